The first-order chi connectivity index (χ1) is 10.0. The van der Waals surface area contributed by atoms with Crippen LogP contribution in [0.5, 0.6) is 0 Å². The lowest BCUT2D eigenvalue weighted by atomic mass is 10.1. The fourth-order valence-electron chi connectivity index (χ4n) is 2.29. The van der Waals surface area contributed by atoms with Gasteiger partial charge in [0.1, 0.15) is 10.8 Å². The summed E-state index contributed by atoms with van der Waals surface area (Å²) in [5.74, 6) is 0.684. The van der Waals surface area contributed by atoms with Gasteiger partial charge in [0, 0.05) is 24.1 Å². The molecule has 0 fully saturated rings. The van der Waals surface area contributed by atoms with Gasteiger partial charge in [-0.1, -0.05) is 30.4 Å². The fraction of sp³-hybridized carbons (Fsp3) is 0.250. The average Bonchev–Trinajstić information content (AvgIpc) is 2.40. The number of aromatic nitrogens is 1. The highest BCUT2D eigenvalue weighted by Gasteiger charge is 2.13. The van der Waals surface area contributed by atoms with Crippen molar-refractivity contribution in [3.8, 4) is 0 Å². The third-order valence-electron chi connectivity index (χ3n) is 3.16. The minimum atomic E-state index is 0.340. The lowest BCUT2D eigenvalue weighted by molar-refractivity contribution is 0.185. The van der Waals surface area contributed by atoms with E-state index in [1.54, 1.807) is 7.11 Å². The Morgan fingerprint density at radius 2 is 2.05 bits per heavy atom. The molecule has 0 amide bonds. The van der Waals surface area contributed by atoms with Gasteiger partial charge in [0.2, 0.25) is 0 Å². The highest BCUT2D eigenvalue weighted by atomic mass is 32.1. The molecule has 4 nitrogen and oxygen atoms in total. The van der Waals surface area contributed by atoms with Crippen LogP contribution in [0, 0.1) is 13.8 Å². The SMILES string of the molecule is COCc1ccccc1Nc1nc(C)cc(C)c1C(N)=S. The number of para-hydroxylation sites is 1. The first-order valence-corrected chi connectivity index (χ1v) is 7.05. The van der Waals surface area contributed by atoms with E-state index in [9.17, 15) is 0 Å². The molecular weight excluding hydrogens is 282 g/mol. The maximum Gasteiger partial charge on any atom is 0.141 e. The Morgan fingerprint density at radius 3 is 2.71 bits per heavy atom. The van der Waals surface area contributed by atoms with Gasteiger partial charge >= 0.3 is 0 Å². The van der Waals surface area contributed by atoms with E-state index in [1.807, 2.05) is 44.2 Å². The van der Waals surface area contributed by atoms with Crippen molar-refractivity contribution >= 4 is 28.7 Å². The van der Waals surface area contributed by atoms with Gasteiger partial charge in [0.15, 0.2) is 0 Å². The quantitative estimate of drug-likeness (QED) is 0.830. The molecule has 0 atom stereocenters. The molecule has 1 aromatic heterocycles. The highest BCUT2D eigenvalue weighted by Crippen LogP contribution is 2.25. The molecule has 0 aliphatic heterocycles. The van der Waals surface area contributed by atoms with Crippen molar-refractivity contribution in [1.82, 2.24) is 4.98 Å². The van der Waals surface area contributed by atoms with Crippen molar-refractivity contribution in [3.63, 3.8) is 0 Å². The van der Waals surface area contributed by atoms with E-state index in [2.05, 4.69) is 10.3 Å². The van der Waals surface area contributed by atoms with Crippen molar-refractivity contribution in [2.75, 3.05) is 12.4 Å². The molecule has 0 bridgehead atoms. The van der Waals surface area contributed by atoms with Crippen molar-refractivity contribution < 1.29 is 4.74 Å². The summed E-state index contributed by atoms with van der Waals surface area (Å²) in [6.07, 6.45) is 0. The Bertz CT molecular complexity index is 671. The van der Waals surface area contributed by atoms with Crippen LogP contribution in [-0.2, 0) is 11.3 Å². The van der Waals surface area contributed by atoms with Crippen LogP contribution in [0.2, 0.25) is 0 Å². The Kier molecular flexibility index (Phi) is 4.88. The number of thiocarbonyl (C=S) groups is 1. The van der Waals surface area contributed by atoms with Crippen LogP contribution in [0.4, 0.5) is 11.5 Å². The molecule has 21 heavy (non-hydrogen) atoms. The van der Waals surface area contributed by atoms with Crippen LogP contribution >= 0.6 is 12.2 Å². The van der Waals surface area contributed by atoms with Crippen molar-refractivity contribution in [2.24, 2.45) is 5.73 Å². The zero-order valence-corrected chi connectivity index (χ0v) is 13.3. The van der Waals surface area contributed by atoms with E-state index in [1.165, 1.54) is 0 Å². The second-order valence-corrected chi connectivity index (χ2v) is 5.32. The minimum Gasteiger partial charge on any atom is -0.389 e. The van der Waals surface area contributed by atoms with Crippen LogP contribution in [-0.4, -0.2) is 17.1 Å². The smallest absolute Gasteiger partial charge is 0.141 e. The average molecular weight is 301 g/mol. The Hall–Kier alpha value is -1.98. The van der Waals surface area contributed by atoms with Gasteiger partial charge in [-0.05, 0) is 31.5 Å². The number of methoxy groups -OCH3 is 1. The number of hydrogen-bond acceptors (Lipinski definition) is 4. The maximum absolute atomic E-state index is 5.84. The molecule has 5 heteroatoms. The number of aryl methyl sites for hydroxylation is 2. The van der Waals surface area contributed by atoms with Crippen LogP contribution in [0.3, 0.4) is 0 Å². The number of nitrogens with one attached hydrogen (secondary N) is 1. The van der Waals surface area contributed by atoms with Crippen LogP contribution in [0.1, 0.15) is 22.4 Å². The van der Waals surface area contributed by atoms with Gasteiger partial charge in [0.05, 0.1) is 12.2 Å². The summed E-state index contributed by atoms with van der Waals surface area (Å²) in [6.45, 7) is 4.45. The third kappa shape index (κ3) is 3.56. The summed E-state index contributed by atoms with van der Waals surface area (Å²) in [5, 5.41) is 3.33. The van der Waals surface area contributed by atoms with E-state index >= 15 is 0 Å². The number of nitrogens with zero attached hydrogens (tertiary/aromatic N) is 1. The van der Waals surface area contributed by atoms with Gasteiger partial charge in [-0.2, -0.15) is 0 Å². The monoisotopic (exact) mass is 301 g/mol. The van der Waals surface area contributed by atoms with Gasteiger partial charge in [-0.3, -0.25) is 0 Å². The molecule has 0 saturated heterocycles. The predicted octanol–water partition coefficient (Wildman–Crippen LogP) is 3.22. The standard InChI is InChI=1S/C16H19N3OS/c1-10-8-11(2)18-16(14(10)15(17)21)19-13-7-5-4-6-12(13)9-20-3/h4-8H,9H2,1-3H3,(H2,17,21)(H,18,19). The fourth-order valence-corrected chi connectivity index (χ4v) is 2.55. The van der Waals surface area contributed by atoms with E-state index < -0.39 is 0 Å². The number of anilines is 2. The van der Waals surface area contributed by atoms with E-state index in [4.69, 9.17) is 22.7 Å². The zero-order valence-electron chi connectivity index (χ0n) is 12.4. The second-order valence-electron chi connectivity index (χ2n) is 4.88. The summed E-state index contributed by atoms with van der Waals surface area (Å²) >= 11 is 5.15. The highest BCUT2D eigenvalue weighted by molar-refractivity contribution is 7.80. The largest absolute Gasteiger partial charge is 0.389 e. The third-order valence-corrected chi connectivity index (χ3v) is 3.37. The lowest BCUT2D eigenvalue weighted by Crippen LogP contribution is -2.15. The van der Waals surface area contributed by atoms with E-state index in [0.717, 1.165) is 28.1 Å². The van der Waals surface area contributed by atoms with Gasteiger partial charge in [0.25, 0.3) is 0 Å². The topological polar surface area (TPSA) is 60.2 Å². The normalized spacial score (nSPS) is 10.4. The molecule has 2 rings (SSSR count). The van der Waals surface area contributed by atoms with Crippen LogP contribution in [0.25, 0.3) is 0 Å². The molecule has 0 radical (unpaired) electrons. The molecule has 2 aromatic rings. The molecule has 0 spiro atoms. The zero-order chi connectivity index (χ0) is 15.4. The summed E-state index contributed by atoms with van der Waals surface area (Å²) in [6, 6.07) is 9.90. The summed E-state index contributed by atoms with van der Waals surface area (Å²) in [7, 11) is 1.67. The van der Waals surface area contributed by atoms with Crippen LogP contribution in [0.15, 0.2) is 30.3 Å². The summed E-state index contributed by atoms with van der Waals surface area (Å²) in [4.78, 5) is 4.87. The first-order valence-electron chi connectivity index (χ1n) is 6.65. The van der Waals surface area contributed by atoms with Crippen molar-refractivity contribution in [3.05, 3.63) is 52.7 Å². The Balaban J connectivity index is 2.47. The Morgan fingerprint density at radius 1 is 1.33 bits per heavy atom. The minimum absolute atomic E-state index is 0.340. The summed E-state index contributed by atoms with van der Waals surface area (Å²) in [5.41, 5.74) is 10.5. The van der Waals surface area contributed by atoms with Crippen molar-refractivity contribution in [2.45, 2.75) is 20.5 Å². The van der Waals surface area contributed by atoms with Gasteiger partial charge in [-0.15, -0.1) is 0 Å². The molecule has 0 saturated carbocycles. The molecule has 1 aromatic carbocycles. The molecular formula is C16H19N3OS. The molecule has 110 valence electrons. The number of ether oxygens (including phenoxy) is 1. The van der Waals surface area contributed by atoms with E-state index in [-0.39, 0.29) is 0 Å². The summed E-state index contributed by atoms with van der Waals surface area (Å²) < 4.78 is 5.22. The number of benzene rings is 1. The molecule has 3 N–H and O–H groups in total. The molecule has 1 heterocycles. The second kappa shape index (κ2) is 6.65. The lowest BCUT2D eigenvalue weighted by Gasteiger charge is -2.16. The number of nitrogens with two attached hydrogens (primary N) is 1. The number of rotatable bonds is 5. The predicted molar refractivity (Wildman–Crippen MR) is 90.0 cm³/mol. The first kappa shape index (κ1) is 15.4. The Labute approximate surface area is 130 Å². The maximum atomic E-state index is 5.84. The van der Waals surface area contributed by atoms with Gasteiger partial charge < -0.3 is 15.8 Å². The van der Waals surface area contributed by atoms with Crippen molar-refractivity contribution in [1.29, 1.82) is 0 Å². The van der Waals surface area contributed by atoms with E-state index in [0.29, 0.717) is 17.4 Å². The van der Waals surface area contributed by atoms with Crippen LogP contribution < -0.4 is 11.1 Å². The number of pyridine rings is 1. The molecule has 0 aliphatic carbocycles. The molecule has 0 unspecified atom stereocenters. The molecule has 0 aliphatic rings. The number of hydrogen-bond donors (Lipinski definition) is 2. The van der Waals surface area contributed by atoms with Gasteiger partial charge in [-0.25, -0.2) is 4.98 Å².